The van der Waals surface area contributed by atoms with Crippen LogP contribution in [-0.2, 0) is 12.6 Å². The third kappa shape index (κ3) is 5.89. The molecule has 33 heavy (non-hydrogen) atoms. The highest BCUT2D eigenvalue weighted by atomic mass is 16.3. The van der Waals surface area contributed by atoms with Crippen LogP contribution >= 0.6 is 0 Å². The molecule has 0 saturated carbocycles. The van der Waals surface area contributed by atoms with E-state index in [2.05, 4.69) is 27.1 Å². The maximum absolute atomic E-state index is 11.2. The van der Waals surface area contributed by atoms with E-state index >= 15 is 0 Å². The highest BCUT2D eigenvalue weighted by Gasteiger charge is 2.30. The van der Waals surface area contributed by atoms with E-state index in [1.807, 2.05) is 42.1 Å². The van der Waals surface area contributed by atoms with Gasteiger partial charge < -0.3 is 9.67 Å². The van der Waals surface area contributed by atoms with Gasteiger partial charge in [-0.3, -0.25) is 0 Å². The molecular weight excluding hydrogens is 399 g/mol. The molecule has 4 rings (SSSR count). The van der Waals surface area contributed by atoms with E-state index in [0.717, 1.165) is 27.5 Å². The van der Waals surface area contributed by atoms with Crippen LogP contribution in [0.5, 0.6) is 0 Å². The van der Waals surface area contributed by atoms with Gasteiger partial charge in [0.2, 0.25) is 0 Å². The topological polar surface area (TPSA) is 63.8 Å². The van der Waals surface area contributed by atoms with E-state index in [1.165, 1.54) is 6.33 Å². The second-order valence-electron chi connectivity index (χ2n) is 8.10. The Morgan fingerprint density at radius 2 is 1.61 bits per heavy atom. The summed E-state index contributed by atoms with van der Waals surface area (Å²) in [5.74, 6) is 0. The monoisotopic (exact) mass is 418 g/mol. The summed E-state index contributed by atoms with van der Waals surface area (Å²) < 4.78 is 1.83. The van der Waals surface area contributed by atoms with Gasteiger partial charge in [0.25, 0.3) is 0 Å². The lowest BCUT2D eigenvalue weighted by Crippen LogP contribution is -2.52. The van der Waals surface area contributed by atoms with Gasteiger partial charge in [-0.1, -0.05) is 30.3 Å². The van der Waals surface area contributed by atoms with Crippen LogP contribution in [0.15, 0.2) is 67.6 Å². The van der Waals surface area contributed by atoms with Gasteiger partial charge >= 0.3 is 0 Å². The van der Waals surface area contributed by atoms with Crippen molar-refractivity contribution in [3.8, 4) is 11.1 Å². The van der Waals surface area contributed by atoms with E-state index in [4.69, 9.17) is 38.7 Å². The van der Waals surface area contributed by atoms with Crippen molar-refractivity contribution in [2.45, 2.75) is 12.5 Å². The van der Waals surface area contributed by atoms with Crippen LogP contribution in [0.4, 0.5) is 0 Å². The average molecular weight is 417 g/mol. The molecule has 0 aliphatic carbocycles. The summed E-state index contributed by atoms with van der Waals surface area (Å²) >= 11 is 0. The largest absolute Gasteiger partial charge is 0.379 e. The number of imidazole rings is 1. The predicted octanol–water partition coefficient (Wildman–Crippen LogP) is 0.240. The molecular formula is C20H18B8N4O. The third-order valence-electron chi connectivity index (χ3n) is 5.39. The second-order valence-corrected chi connectivity index (χ2v) is 8.10. The summed E-state index contributed by atoms with van der Waals surface area (Å²) in [6.07, 6.45) is 6.85. The van der Waals surface area contributed by atoms with Gasteiger partial charge in [-0.2, -0.15) is 0 Å². The van der Waals surface area contributed by atoms with Gasteiger partial charge in [0.05, 0.1) is 12.0 Å². The molecule has 10 radical (unpaired) electrons. The number of fused-ring (bicyclic) bond motifs is 1. The summed E-state index contributed by atoms with van der Waals surface area (Å²) in [7, 11) is 27.7. The van der Waals surface area contributed by atoms with Crippen molar-refractivity contribution in [3.63, 3.8) is 0 Å². The van der Waals surface area contributed by atoms with Crippen molar-refractivity contribution < 1.29 is 5.11 Å². The summed E-state index contributed by atoms with van der Waals surface area (Å²) in [5.41, 5.74) is 2.21. The van der Waals surface area contributed by atoms with E-state index < -0.39 is 24.8 Å². The molecule has 1 atom stereocenters. The minimum Gasteiger partial charge on any atom is -0.379 e. The molecule has 148 valence electrons. The summed E-state index contributed by atoms with van der Waals surface area (Å²) in [5, 5.41) is 13.3. The summed E-state index contributed by atoms with van der Waals surface area (Å²) in [4.78, 5) is 12.5. The molecule has 0 bridgehead atoms. The third-order valence-corrected chi connectivity index (χ3v) is 5.39. The second kappa shape index (κ2) is 10.6. The Hall–Kier alpha value is -2.53. The van der Waals surface area contributed by atoms with Crippen molar-refractivity contribution in [1.29, 1.82) is 0 Å². The van der Waals surface area contributed by atoms with Crippen molar-refractivity contribution in [1.82, 2.24) is 19.5 Å². The zero-order valence-corrected chi connectivity index (χ0v) is 18.7. The van der Waals surface area contributed by atoms with Crippen molar-refractivity contribution in [3.05, 3.63) is 78.9 Å². The molecule has 0 fully saturated rings. The van der Waals surface area contributed by atoms with Crippen LogP contribution in [-0.4, -0.2) is 82.5 Å². The maximum atomic E-state index is 11.2. The summed E-state index contributed by atoms with van der Waals surface area (Å²) in [6, 6.07) is 12.1. The zero-order valence-electron chi connectivity index (χ0n) is 18.7. The van der Waals surface area contributed by atoms with Crippen LogP contribution in [0.25, 0.3) is 21.9 Å². The Morgan fingerprint density at radius 1 is 0.939 bits per heavy atom. The molecule has 13 heteroatoms. The Labute approximate surface area is 202 Å². The fraction of sp³-hybridized carbons (Fsp3) is 0.150. The standard InChI is InChI=1S/C20H18N4O.B8/c1-20(25,19-11-24(2)13-23-19)18-5-3-4-14-6-7-15(8-17(14)18)16-9-21-12-22-10-16;1-6(2)8(5)7(3)4/h3-13,25H,1-2H3;. The fourth-order valence-corrected chi connectivity index (χ4v) is 3.38. The number of rotatable bonds is 5. The van der Waals surface area contributed by atoms with E-state index in [0.29, 0.717) is 5.69 Å². The highest BCUT2D eigenvalue weighted by molar-refractivity contribution is 7.89. The van der Waals surface area contributed by atoms with Gasteiger partial charge in [-0.15, -0.1) is 0 Å². The molecule has 0 spiro atoms. The van der Waals surface area contributed by atoms with Crippen LogP contribution in [0, 0.1) is 0 Å². The number of hydrogen-bond acceptors (Lipinski definition) is 4. The van der Waals surface area contributed by atoms with Crippen LogP contribution in [0.3, 0.4) is 0 Å². The quantitative estimate of drug-likeness (QED) is 0.473. The Bertz CT molecular complexity index is 1200. The van der Waals surface area contributed by atoms with Crippen LogP contribution in [0.1, 0.15) is 18.2 Å². The van der Waals surface area contributed by atoms with E-state index in [9.17, 15) is 5.11 Å². The number of hydrogen-bond donors (Lipinski definition) is 1. The lowest BCUT2D eigenvalue weighted by atomic mass is 8.68. The first kappa shape index (κ1) is 25.1. The molecule has 0 saturated heterocycles. The van der Waals surface area contributed by atoms with Gasteiger partial charge in [0.1, 0.15) is 11.9 Å². The normalized spacial score (nSPS) is 12.3. The number of aliphatic hydroxyl groups is 1. The minimum absolute atomic E-state index is 0.519. The molecule has 4 aromatic rings. The lowest BCUT2D eigenvalue weighted by molar-refractivity contribution is 0.0994. The molecule has 0 amide bonds. The fourth-order valence-electron chi connectivity index (χ4n) is 3.38. The van der Waals surface area contributed by atoms with Crippen molar-refractivity contribution in [2.24, 2.45) is 7.05 Å². The van der Waals surface area contributed by atoms with Gasteiger partial charge in [0, 0.05) is 89.0 Å². The van der Waals surface area contributed by atoms with Crippen LogP contribution < -0.4 is 0 Å². The maximum Gasteiger partial charge on any atom is 0.131 e. The molecule has 0 aliphatic rings. The molecule has 1 unspecified atom stereocenters. The molecule has 0 aliphatic heterocycles. The smallest absolute Gasteiger partial charge is 0.131 e. The predicted molar refractivity (Wildman–Crippen MR) is 143 cm³/mol. The number of aromatic nitrogens is 4. The number of benzene rings is 2. The highest BCUT2D eigenvalue weighted by Crippen LogP contribution is 2.35. The zero-order chi connectivity index (χ0) is 24.2. The molecule has 5 nitrogen and oxygen atoms in total. The van der Waals surface area contributed by atoms with Crippen molar-refractivity contribution in [2.75, 3.05) is 0 Å². The Balaban J connectivity index is 0.000000331. The Kier molecular flexibility index (Phi) is 8.06. The molecule has 2 heterocycles. The number of nitrogens with zero attached hydrogens (tertiary/aromatic N) is 4. The minimum atomic E-state index is -1.19. The van der Waals surface area contributed by atoms with E-state index in [1.54, 1.807) is 25.6 Å². The average Bonchev–Trinajstić information content (AvgIpc) is 3.26. The first-order chi connectivity index (χ1) is 15.6. The SMILES string of the molecule is Cn1cnc(C(C)(O)c2cccc3ccc(-c4cncnc4)cc23)c1.[B]B([B])B([B])B([B])[B]. The molecule has 2 aromatic heterocycles. The van der Waals surface area contributed by atoms with Gasteiger partial charge in [-0.25, -0.2) is 15.0 Å². The molecule has 2 aromatic carbocycles. The molecule has 1 N–H and O–H groups in total. The van der Waals surface area contributed by atoms with Crippen molar-refractivity contribution >= 4 is 68.6 Å². The number of aryl methyl sites for hydroxylation is 1. The van der Waals surface area contributed by atoms with Gasteiger partial charge in [0.15, 0.2) is 0 Å². The van der Waals surface area contributed by atoms with Gasteiger partial charge in [-0.05, 0) is 34.9 Å². The first-order valence-corrected chi connectivity index (χ1v) is 10.4. The summed E-state index contributed by atoms with van der Waals surface area (Å²) in [6.45, 7) is 1.78. The van der Waals surface area contributed by atoms with E-state index in [-0.39, 0.29) is 0 Å². The first-order valence-electron chi connectivity index (χ1n) is 10.4. The van der Waals surface area contributed by atoms with Crippen LogP contribution in [0.2, 0.25) is 0 Å². The lowest BCUT2D eigenvalue weighted by Gasteiger charge is -2.24. The Morgan fingerprint density at radius 3 is 2.15 bits per heavy atom.